The van der Waals surface area contributed by atoms with E-state index in [1.165, 1.54) is 12.6 Å². The van der Waals surface area contributed by atoms with E-state index in [-0.39, 0.29) is 27.5 Å². The third-order valence-corrected chi connectivity index (χ3v) is 13.5. The van der Waals surface area contributed by atoms with Gasteiger partial charge in [0.05, 0.1) is 22.4 Å². The molecule has 0 amide bonds. The van der Waals surface area contributed by atoms with E-state index in [0.29, 0.717) is 28.6 Å². The molecule has 9 rings (SSSR count). The van der Waals surface area contributed by atoms with Gasteiger partial charge in [-0.25, -0.2) is 14.8 Å². The first-order valence-corrected chi connectivity index (χ1v) is 20.6. The molecular formula is C42H54N10O3S. The molecule has 1 aliphatic heterocycles. The summed E-state index contributed by atoms with van der Waals surface area (Å²) in [4.78, 5) is 26.2. The number of rotatable bonds is 14. The van der Waals surface area contributed by atoms with Crippen LogP contribution in [0.15, 0.2) is 48.2 Å². The number of hydrogen-bond donors (Lipinski definition) is 5. The molecule has 4 saturated carbocycles. The van der Waals surface area contributed by atoms with Crippen LogP contribution in [0.3, 0.4) is 0 Å². The summed E-state index contributed by atoms with van der Waals surface area (Å²) in [6.45, 7) is 15.5. The smallest absolute Gasteiger partial charge is 0.355 e. The van der Waals surface area contributed by atoms with E-state index in [2.05, 4.69) is 54.9 Å². The molecule has 5 N–H and O–H groups in total. The molecule has 3 aromatic heterocycles. The lowest BCUT2D eigenvalue weighted by Crippen LogP contribution is -2.65. The fourth-order valence-electron chi connectivity index (χ4n) is 11.2. The first kappa shape index (κ1) is 38.4. The molecule has 14 heteroatoms. The first-order valence-electron chi connectivity index (χ1n) is 19.8. The molecule has 13 nitrogen and oxygen atoms in total. The van der Waals surface area contributed by atoms with Gasteiger partial charge in [0.1, 0.15) is 5.82 Å². The van der Waals surface area contributed by atoms with Crippen LogP contribution in [0, 0.1) is 28.6 Å². The highest BCUT2D eigenvalue weighted by Gasteiger charge is 2.66. The summed E-state index contributed by atoms with van der Waals surface area (Å²) in [5.74, 6) is 0.337. The molecule has 4 aromatic rings. The van der Waals surface area contributed by atoms with Crippen LogP contribution in [-0.4, -0.2) is 101 Å². The number of pyridine rings is 1. The topological polar surface area (TPSA) is 165 Å². The van der Waals surface area contributed by atoms with Crippen molar-refractivity contribution >= 4 is 61.9 Å². The number of aryl methyl sites for hydroxylation is 1. The van der Waals surface area contributed by atoms with Crippen molar-refractivity contribution in [2.24, 2.45) is 16.2 Å². The average Bonchev–Trinajstić information content (AvgIpc) is 3.56. The van der Waals surface area contributed by atoms with Crippen LogP contribution in [-0.2, 0) is 4.74 Å². The number of anilines is 4. The van der Waals surface area contributed by atoms with Crippen LogP contribution in [0.1, 0.15) is 80.9 Å². The molecule has 5 aliphatic rings. The van der Waals surface area contributed by atoms with E-state index in [4.69, 9.17) is 10.1 Å². The van der Waals surface area contributed by atoms with Crippen molar-refractivity contribution in [3.8, 4) is 0 Å². The van der Waals surface area contributed by atoms with Crippen LogP contribution in [0.2, 0.25) is 0 Å². The molecule has 4 bridgehead atoms. The van der Waals surface area contributed by atoms with Gasteiger partial charge in [0, 0.05) is 69.4 Å². The Labute approximate surface area is 332 Å². The molecule has 0 radical (unpaired) electrons. The lowest BCUT2D eigenvalue weighted by Gasteiger charge is -2.69. The zero-order valence-corrected chi connectivity index (χ0v) is 34.0. The van der Waals surface area contributed by atoms with Crippen LogP contribution >= 0.6 is 11.3 Å². The van der Waals surface area contributed by atoms with E-state index >= 15 is 0 Å². The van der Waals surface area contributed by atoms with Crippen molar-refractivity contribution in [2.75, 3.05) is 63.1 Å². The Bertz CT molecular complexity index is 2130. The number of hydrogen-bond acceptors (Lipinski definition) is 13. The number of para-hydroxylation sites is 1. The fraction of sp³-hybridized carbons (Fsp3) is 0.524. The highest BCUT2D eigenvalue weighted by atomic mass is 32.1. The van der Waals surface area contributed by atoms with Crippen molar-refractivity contribution in [3.05, 3.63) is 65.0 Å². The number of aromatic carboxylic acids is 1. The van der Waals surface area contributed by atoms with E-state index in [1.807, 2.05) is 44.2 Å². The van der Waals surface area contributed by atoms with Gasteiger partial charge in [0.25, 0.3) is 0 Å². The Morgan fingerprint density at radius 1 is 1.04 bits per heavy atom. The number of allylic oxidation sites excluding steroid dienone is 2. The third-order valence-electron chi connectivity index (χ3n) is 12.5. The molecule has 1 saturated heterocycles. The number of ether oxygens (including phenoxy) is 1. The number of carbonyl (C=O) groups is 1. The molecular weight excluding hydrogens is 725 g/mol. The van der Waals surface area contributed by atoms with Gasteiger partial charge in [-0.2, -0.15) is 0 Å². The van der Waals surface area contributed by atoms with Crippen molar-refractivity contribution in [1.82, 2.24) is 35.7 Å². The normalized spacial score (nSPS) is 27.6. The van der Waals surface area contributed by atoms with Crippen LogP contribution in [0.4, 0.5) is 22.6 Å². The van der Waals surface area contributed by atoms with Gasteiger partial charge in [-0.15, -0.1) is 10.2 Å². The Balaban J connectivity index is 0.984. The van der Waals surface area contributed by atoms with Crippen LogP contribution < -0.4 is 20.9 Å². The van der Waals surface area contributed by atoms with Crippen molar-refractivity contribution in [1.29, 1.82) is 5.41 Å². The summed E-state index contributed by atoms with van der Waals surface area (Å²) in [7, 11) is 1.78. The van der Waals surface area contributed by atoms with Crippen molar-refractivity contribution in [3.63, 3.8) is 0 Å². The quantitative estimate of drug-likeness (QED) is 0.0834. The van der Waals surface area contributed by atoms with Gasteiger partial charge in [0.2, 0.25) is 0 Å². The van der Waals surface area contributed by atoms with Gasteiger partial charge < -0.3 is 36.1 Å². The lowest BCUT2D eigenvalue weighted by atomic mass is 9.39. The molecule has 56 heavy (non-hydrogen) atoms. The number of fused-ring (bicyclic) bond motifs is 1. The maximum absolute atomic E-state index is 12.7. The minimum absolute atomic E-state index is 0.0563. The molecule has 0 spiro atoms. The largest absolute Gasteiger partial charge is 0.476 e. The molecule has 2 atom stereocenters. The minimum Gasteiger partial charge on any atom is -0.476 e. The number of carboxylic acids is 1. The van der Waals surface area contributed by atoms with E-state index < -0.39 is 5.97 Å². The van der Waals surface area contributed by atoms with Crippen LogP contribution in [0.25, 0.3) is 15.8 Å². The van der Waals surface area contributed by atoms with E-state index in [1.54, 1.807) is 35.4 Å². The number of thiazole rings is 1. The van der Waals surface area contributed by atoms with Crippen molar-refractivity contribution < 1.29 is 14.6 Å². The number of benzene rings is 1. The second kappa shape index (κ2) is 14.8. The summed E-state index contributed by atoms with van der Waals surface area (Å²) < 4.78 is 8.05. The maximum Gasteiger partial charge on any atom is 0.355 e. The standard InChI is InChI=1S/C42H54N10O3S/c1-27-18-34(49-50-36(27)48-38-46-31-8-6-7-9-32(31)56-38)51(5)33-11-10-29(35(47-33)37(53)54)30(19-43)28(2)45-26-41-21-39(3)20-40(4,22-41)24-42(23-39,25-41)55-17-16-52-14-12-44-13-15-52/h6-11,18-19,43-45H,12-17,20-26H2,1-5H3,(H,53,54)(H,46,48,50)/b30-28+,43-19?. The predicted octanol–water partition coefficient (Wildman–Crippen LogP) is 7.01. The fourth-order valence-corrected chi connectivity index (χ4v) is 12.1. The zero-order chi connectivity index (χ0) is 39.3. The van der Waals surface area contributed by atoms with E-state index in [0.717, 1.165) is 105 Å². The predicted molar refractivity (Wildman–Crippen MR) is 223 cm³/mol. The summed E-state index contributed by atoms with van der Waals surface area (Å²) in [5.41, 5.74) is 3.69. The maximum atomic E-state index is 12.7. The number of nitrogens with one attached hydrogen (secondary N) is 4. The zero-order valence-electron chi connectivity index (χ0n) is 33.2. The van der Waals surface area contributed by atoms with E-state index in [9.17, 15) is 9.90 Å². The van der Waals surface area contributed by atoms with Gasteiger partial charge in [-0.3, -0.25) is 4.90 Å². The Morgan fingerprint density at radius 2 is 1.79 bits per heavy atom. The SMILES string of the molecule is C/C(NCC12CC3(C)CC(C)(C1)CC(OCCN1CCNCC1)(C3)C2)=C(/C=N)c1ccc(N(C)c2cc(C)c(Nc3nc4ccccc4s3)nn2)nc1C(=O)O. The molecule has 1 aromatic carbocycles. The van der Waals surface area contributed by atoms with Gasteiger partial charge in [-0.05, 0) is 105 Å². The summed E-state index contributed by atoms with van der Waals surface area (Å²) in [6.07, 6.45) is 8.01. The Kier molecular flexibility index (Phi) is 10.1. The number of carboxylic acid groups (broad SMARTS) is 1. The Morgan fingerprint density at radius 3 is 2.48 bits per heavy atom. The van der Waals surface area contributed by atoms with Gasteiger partial charge >= 0.3 is 5.97 Å². The van der Waals surface area contributed by atoms with Gasteiger partial charge in [-0.1, -0.05) is 37.3 Å². The molecule has 4 aliphatic carbocycles. The second-order valence-corrected chi connectivity index (χ2v) is 18.6. The lowest BCUT2D eigenvalue weighted by molar-refractivity contribution is -0.244. The number of aromatic nitrogens is 4. The molecule has 2 unspecified atom stereocenters. The minimum atomic E-state index is -1.16. The monoisotopic (exact) mass is 778 g/mol. The Hall–Kier alpha value is -4.50. The summed E-state index contributed by atoms with van der Waals surface area (Å²) in [6, 6.07) is 13.3. The number of piperazine rings is 1. The molecule has 296 valence electrons. The third kappa shape index (κ3) is 7.63. The molecule has 4 heterocycles. The first-order chi connectivity index (χ1) is 26.8. The highest BCUT2D eigenvalue weighted by molar-refractivity contribution is 7.22. The number of nitrogens with zero attached hydrogens (tertiary/aromatic N) is 6. The highest BCUT2D eigenvalue weighted by Crippen LogP contribution is 2.71. The second-order valence-electron chi connectivity index (χ2n) is 17.6. The van der Waals surface area contributed by atoms with Crippen molar-refractivity contribution in [2.45, 2.75) is 71.8 Å². The average molecular weight is 779 g/mol. The summed E-state index contributed by atoms with van der Waals surface area (Å²) >= 11 is 1.54. The van der Waals surface area contributed by atoms with Gasteiger partial charge in [0.15, 0.2) is 22.5 Å². The van der Waals surface area contributed by atoms with Crippen LogP contribution in [0.5, 0.6) is 0 Å². The molecule has 5 fully saturated rings. The summed E-state index contributed by atoms with van der Waals surface area (Å²) in [5, 5.41) is 38.9.